The molecule has 0 radical (unpaired) electrons. The Morgan fingerprint density at radius 2 is 1.14 bits per heavy atom. The number of aromatic nitrogens is 4. The van der Waals surface area contributed by atoms with Crippen LogP contribution >= 0.6 is 0 Å². The molecule has 1 aliphatic rings. The summed E-state index contributed by atoms with van der Waals surface area (Å²) in [6.45, 7) is 13.5. The van der Waals surface area contributed by atoms with E-state index in [2.05, 4.69) is 91.8 Å². The van der Waals surface area contributed by atoms with Gasteiger partial charge in [0.05, 0.1) is 17.6 Å². The van der Waals surface area contributed by atoms with E-state index in [0.717, 1.165) is 99.4 Å². The van der Waals surface area contributed by atoms with Crippen molar-refractivity contribution in [3.8, 4) is 0 Å². The van der Waals surface area contributed by atoms with Crippen LogP contribution in [0.15, 0.2) is 24.3 Å². The van der Waals surface area contributed by atoms with Crippen LogP contribution in [-0.2, 0) is 45.1 Å². The Labute approximate surface area is 295 Å². The molecule has 1 aromatic carbocycles. The fourth-order valence-electron chi connectivity index (χ4n) is 8.24. The van der Waals surface area contributed by atoms with Crippen LogP contribution in [0.5, 0.6) is 0 Å². The Balaban J connectivity index is 1.86. The zero-order valence-corrected chi connectivity index (χ0v) is 30.7. The van der Waals surface area contributed by atoms with Crippen LogP contribution in [0.4, 0.5) is 0 Å². The van der Waals surface area contributed by atoms with Crippen LogP contribution in [0.1, 0.15) is 119 Å². The minimum atomic E-state index is -0.0537. The highest BCUT2D eigenvalue weighted by atomic mass is 16.3. The SMILES string of the molecule is CCc1c2[nH]c(c1CC)C(c1ccccc1CO)=c1[nH]c(c(CC)c1CC)=Cc1[nH]c(c(CCCO)c1C)C=c1[nH]c(c(C)c1CCCO)=C2. The van der Waals surface area contributed by atoms with E-state index in [0.29, 0.717) is 12.8 Å². The normalized spacial score (nSPS) is 12.6. The zero-order chi connectivity index (χ0) is 35.5. The van der Waals surface area contributed by atoms with Crippen molar-refractivity contribution in [3.63, 3.8) is 0 Å². The number of benzene rings is 1. The molecule has 0 aliphatic carbocycles. The average molecular weight is 675 g/mol. The first-order valence-electron chi connectivity index (χ1n) is 18.6. The number of aliphatic hydroxyl groups is 3. The molecular weight excluding hydrogens is 620 g/mol. The molecule has 0 unspecified atom stereocenters. The fourth-order valence-corrected chi connectivity index (χ4v) is 8.24. The second-order valence-electron chi connectivity index (χ2n) is 13.5. The van der Waals surface area contributed by atoms with E-state index >= 15 is 0 Å². The van der Waals surface area contributed by atoms with E-state index in [-0.39, 0.29) is 19.8 Å². The molecule has 7 nitrogen and oxygen atoms in total. The van der Waals surface area contributed by atoms with Crippen LogP contribution in [0.2, 0.25) is 0 Å². The first-order valence-corrected chi connectivity index (χ1v) is 18.6. The first-order chi connectivity index (χ1) is 24.3. The smallest absolute Gasteiger partial charge is 0.0687 e. The third kappa shape index (κ3) is 6.27. The number of nitrogens with one attached hydrogen (secondary N) is 4. The molecule has 6 rings (SSSR count). The third-order valence-corrected chi connectivity index (χ3v) is 10.8. The van der Waals surface area contributed by atoms with E-state index in [1.54, 1.807) is 0 Å². The lowest BCUT2D eigenvalue weighted by Crippen LogP contribution is -2.19. The van der Waals surface area contributed by atoms with Gasteiger partial charge in [-0.25, -0.2) is 0 Å². The van der Waals surface area contributed by atoms with Crippen LogP contribution < -0.4 is 21.4 Å². The van der Waals surface area contributed by atoms with Crippen molar-refractivity contribution in [3.05, 3.63) is 124 Å². The van der Waals surface area contributed by atoms with Gasteiger partial charge in [0.2, 0.25) is 0 Å². The third-order valence-electron chi connectivity index (χ3n) is 10.8. The van der Waals surface area contributed by atoms with Gasteiger partial charge >= 0.3 is 0 Å². The highest BCUT2D eigenvalue weighted by molar-refractivity contribution is 5.83. The second kappa shape index (κ2) is 15.3. The predicted octanol–water partition coefficient (Wildman–Crippen LogP) is 4.25. The largest absolute Gasteiger partial charge is 0.396 e. The molecule has 0 fully saturated rings. The topological polar surface area (TPSA) is 124 Å². The molecule has 264 valence electrons. The number of hydrogen-bond acceptors (Lipinski definition) is 3. The fraction of sp³-hybridized carbons (Fsp3) is 0.395. The molecule has 0 spiro atoms. The maximum Gasteiger partial charge on any atom is 0.0687 e. The van der Waals surface area contributed by atoms with E-state index < -0.39 is 0 Å². The van der Waals surface area contributed by atoms with Gasteiger partial charge < -0.3 is 35.3 Å². The summed E-state index contributed by atoms with van der Waals surface area (Å²) >= 11 is 0. The van der Waals surface area contributed by atoms with Crippen LogP contribution in [0, 0.1) is 13.8 Å². The van der Waals surface area contributed by atoms with E-state index in [1.807, 2.05) is 12.1 Å². The van der Waals surface area contributed by atoms with Crippen LogP contribution in [0.3, 0.4) is 0 Å². The molecular formula is C43H54N4O3. The molecule has 8 bridgehead atoms. The van der Waals surface area contributed by atoms with E-state index in [9.17, 15) is 15.3 Å². The molecule has 5 heterocycles. The molecule has 7 heteroatoms. The van der Waals surface area contributed by atoms with Crippen molar-refractivity contribution in [1.82, 2.24) is 19.9 Å². The molecule has 0 saturated heterocycles. The van der Waals surface area contributed by atoms with Crippen molar-refractivity contribution in [2.75, 3.05) is 13.2 Å². The lowest BCUT2D eigenvalue weighted by molar-refractivity contribution is 0.281. The van der Waals surface area contributed by atoms with E-state index in [1.165, 1.54) is 44.5 Å². The first kappa shape index (κ1) is 35.5. The van der Waals surface area contributed by atoms with Crippen molar-refractivity contribution in [1.29, 1.82) is 0 Å². The Hall–Kier alpha value is -4.30. The number of hydrogen-bond donors (Lipinski definition) is 7. The Bertz CT molecular complexity index is 2260. The number of fused-ring (bicyclic) bond motifs is 8. The number of aliphatic hydroxyl groups excluding tert-OH is 3. The lowest BCUT2D eigenvalue weighted by Gasteiger charge is -2.14. The van der Waals surface area contributed by atoms with Crippen molar-refractivity contribution in [2.24, 2.45) is 0 Å². The van der Waals surface area contributed by atoms with Gasteiger partial charge in [-0.05, 0) is 139 Å². The minimum Gasteiger partial charge on any atom is -0.396 e. The molecule has 0 atom stereocenters. The molecule has 0 amide bonds. The highest BCUT2D eigenvalue weighted by Gasteiger charge is 2.23. The summed E-state index contributed by atoms with van der Waals surface area (Å²) in [5.41, 5.74) is 17.2. The predicted molar refractivity (Wildman–Crippen MR) is 204 cm³/mol. The van der Waals surface area contributed by atoms with Gasteiger partial charge in [0.25, 0.3) is 0 Å². The molecule has 5 aromatic rings. The molecule has 4 aromatic heterocycles. The quantitative estimate of drug-likeness (QED) is 0.105. The molecule has 50 heavy (non-hydrogen) atoms. The Morgan fingerprint density at radius 3 is 1.80 bits per heavy atom. The molecule has 7 N–H and O–H groups in total. The summed E-state index contributed by atoms with van der Waals surface area (Å²) in [6, 6.07) is 8.23. The lowest BCUT2D eigenvalue weighted by atomic mass is 9.91. The maximum atomic E-state index is 10.6. The summed E-state index contributed by atoms with van der Waals surface area (Å²) in [4.78, 5) is 15.5. The van der Waals surface area contributed by atoms with Gasteiger partial charge in [-0.15, -0.1) is 0 Å². The van der Waals surface area contributed by atoms with Crippen molar-refractivity contribution in [2.45, 2.75) is 99.5 Å². The zero-order valence-electron chi connectivity index (χ0n) is 30.7. The van der Waals surface area contributed by atoms with E-state index in [4.69, 9.17) is 0 Å². The van der Waals surface area contributed by atoms with Gasteiger partial charge in [0.15, 0.2) is 0 Å². The van der Waals surface area contributed by atoms with Gasteiger partial charge in [-0.1, -0.05) is 52.0 Å². The maximum absolute atomic E-state index is 10.6. The highest BCUT2D eigenvalue weighted by Crippen LogP contribution is 2.32. The standard InChI is InChI=1S/C43H54N4O3/c1-7-28-30(9-3)42-41(34-16-12-11-15-27(34)24-50)43-31(10-4)29(8-2)38(47-43)22-36-26(6)33(18-14-20-49)40(45-36)23-39-32(17-13-19-48)25(5)35(44-39)21-37(28)46-42/h11-12,15-16,21-23,44-50H,7-10,13-14,17-20,24H2,1-6H3. The van der Waals surface area contributed by atoms with Crippen LogP contribution in [0.25, 0.3) is 23.8 Å². The van der Waals surface area contributed by atoms with Gasteiger partial charge in [0, 0.05) is 51.9 Å². The number of rotatable bonds is 12. The summed E-state index contributed by atoms with van der Waals surface area (Å²) in [5.74, 6) is 0. The average Bonchev–Trinajstić information content (AvgIpc) is 3.83. The summed E-state index contributed by atoms with van der Waals surface area (Å²) in [5, 5.41) is 34.6. The molecule has 1 aliphatic heterocycles. The number of H-pyrrole nitrogens is 4. The Kier molecular flexibility index (Phi) is 10.9. The van der Waals surface area contributed by atoms with Gasteiger partial charge in [-0.2, -0.15) is 0 Å². The molecule has 0 saturated carbocycles. The summed E-state index contributed by atoms with van der Waals surface area (Å²) in [7, 11) is 0. The van der Waals surface area contributed by atoms with Gasteiger partial charge in [-0.3, -0.25) is 0 Å². The summed E-state index contributed by atoms with van der Waals surface area (Å²) < 4.78 is 0. The number of aromatic amines is 4. The monoisotopic (exact) mass is 674 g/mol. The van der Waals surface area contributed by atoms with Gasteiger partial charge in [0.1, 0.15) is 0 Å². The van der Waals surface area contributed by atoms with Crippen LogP contribution in [-0.4, -0.2) is 48.5 Å². The Morgan fingerprint density at radius 1 is 0.540 bits per heavy atom. The second-order valence-corrected chi connectivity index (χ2v) is 13.5. The van der Waals surface area contributed by atoms with Crippen molar-refractivity contribution < 1.29 is 15.3 Å². The minimum absolute atomic E-state index is 0.0537. The summed E-state index contributed by atoms with van der Waals surface area (Å²) in [6.07, 6.45) is 13.1. The van der Waals surface area contributed by atoms with Crippen molar-refractivity contribution >= 4 is 23.8 Å².